The van der Waals surface area contributed by atoms with Gasteiger partial charge in [0, 0.05) is 18.5 Å². The molecule has 0 atom stereocenters. The number of furan rings is 1. The monoisotopic (exact) mass is 365 g/mol. The number of nitrogens with zero attached hydrogens (tertiary/aromatic N) is 1. The third kappa shape index (κ3) is 5.14. The second-order valence-electron chi connectivity index (χ2n) is 6.31. The topological polar surface area (TPSA) is 62.9 Å². The Morgan fingerprint density at radius 2 is 1.93 bits per heavy atom. The Bertz CT molecular complexity index is 874. The van der Waals surface area contributed by atoms with Crippen molar-refractivity contribution in [3.63, 3.8) is 0 Å². The number of hydrogen-bond acceptors (Lipinski definition) is 4. The number of phenols is 1. The number of carbonyl (C=O) groups is 1. The van der Waals surface area contributed by atoms with Crippen LogP contribution in [-0.2, 0) is 24.3 Å². The summed E-state index contributed by atoms with van der Waals surface area (Å²) in [6.45, 7) is 0.683. The zero-order valence-corrected chi connectivity index (χ0v) is 15.3. The third-order valence-corrected chi connectivity index (χ3v) is 4.39. The number of benzene rings is 2. The molecule has 5 nitrogen and oxygen atoms in total. The molecule has 0 aliphatic heterocycles. The van der Waals surface area contributed by atoms with Crippen LogP contribution in [0.4, 0.5) is 0 Å². The summed E-state index contributed by atoms with van der Waals surface area (Å²) in [5.74, 6) is 1.67. The maximum Gasteiger partial charge on any atom is 0.223 e. The number of ether oxygens (including phenoxy) is 1. The van der Waals surface area contributed by atoms with Gasteiger partial charge in [-0.15, -0.1) is 0 Å². The molecule has 0 aliphatic rings. The fraction of sp³-hybridized carbons (Fsp3) is 0.227. The van der Waals surface area contributed by atoms with Gasteiger partial charge >= 0.3 is 0 Å². The Balaban J connectivity index is 1.70. The Hall–Kier alpha value is -3.21. The Morgan fingerprint density at radius 1 is 1.07 bits per heavy atom. The molecule has 3 aromatic rings. The van der Waals surface area contributed by atoms with Gasteiger partial charge in [-0.3, -0.25) is 4.79 Å². The molecule has 0 spiro atoms. The first-order valence-electron chi connectivity index (χ1n) is 8.85. The summed E-state index contributed by atoms with van der Waals surface area (Å²) in [4.78, 5) is 14.6. The molecule has 27 heavy (non-hydrogen) atoms. The van der Waals surface area contributed by atoms with E-state index in [1.807, 2.05) is 42.5 Å². The van der Waals surface area contributed by atoms with Crippen LogP contribution in [-0.4, -0.2) is 23.0 Å². The van der Waals surface area contributed by atoms with Crippen molar-refractivity contribution in [3.05, 3.63) is 83.8 Å². The fourth-order valence-corrected chi connectivity index (χ4v) is 2.91. The Kier molecular flexibility index (Phi) is 6.15. The second-order valence-corrected chi connectivity index (χ2v) is 6.31. The highest BCUT2D eigenvalue weighted by atomic mass is 16.5. The number of amides is 1. The van der Waals surface area contributed by atoms with Gasteiger partial charge in [0.25, 0.3) is 0 Å². The molecule has 1 aromatic heterocycles. The summed E-state index contributed by atoms with van der Waals surface area (Å²) >= 11 is 0. The average molecular weight is 365 g/mol. The van der Waals surface area contributed by atoms with Gasteiger partial charge in [0.1, 0.15) is 17.3 Å². The summed E-state index contributed by atoms with van der Waals surface area (Å²) in [6.07, 6.45) is 2.57. The van der Waals surface area contributed by atoms with Crippen molar-refractivity contribution >= 4 is 5.91 Å². The van der Waals surface area contributed by atoms with Crippen LogP contribution >= 0.6 is 0 Å². The summed E-state index contributed by atoms with van der Waals surface area (Å²) in [5.41, 5.74) is 1.75. The largest absolute Gasteiger partial charge is 0.508 e. The summed E-state index contributed by atoms with van der Waals surface area (Å²) in [6, 6.07) is 18.4. The van der Waals surface area contributed by atoms with Gasteiger partial charge in [-0.25, -0.2) is 0 Å². The normalized spacial score (nSPS) is 10.6. The SMILES string of the molecule is COc1cccc(CCC(=O)N(Cc2ccco2)Cc2ccccc2O)c1. The van der Waals surface area contributed by atoms with E-state index in [4.69, 9.17) is 9.15 Å². The molecule has 0 saturated carbocycles. The van der Waals surface area contributed by atoms with Crippen LogP contribution in [0.15, 0.2) is 71.3 Å². The van der Waals surface area contributed by atoms with Crippen molar-refractivity contribution in [2.45, 2.75) is 25.9 Å². The standard InChI is InChI=1S/C22H23NO4/c1-26-19-8-4-6-17(14-19)11-12-22(25)23(16-20-9-5-13-27-20)15-18-7-2-3-10-21(18)24/h2-10,13-14,24H,11-12,15-16H2,1H3. The Morgan fingerprint density at radius 3 is 2.67 bits per heavy atom. The van der Waals surface area contributed by atoms with Crippen molar-refractivity contribution in [2.24, 2.45) is 0 Å². The maximum absolute atomic E-state index is 12.9. The summed E-state index contributed by atoms with van der Waals surface area (Å²) in [5, 5.41) is 10.1. The van der Waals surface area contributed by atoms with Crippen LogP contribution in [0, 0.1) is 0 Å². The van der Waals surface area contributed by atoms with E-state index in [9.17, 15) is 9.90 Å². The zero-order valence-electron chi connectivity index (χ0n) is 15.3. The number of para-hydroxylation sites is 1. The van der Waals surface area contributed by atoms with Crippen LogP contribution in [0.25, 0.3) is 0 Å². The fourth-order valence-electron chi connectivity index (χ4n) is 2.91. The minimum Gasteiger partial charge on any atom is -0.508 e. The Labute approximate surface area is 158 Å². The molecule has 140 valence electrons. The molecular formula is C22H23NO4. The van der Waals surface area contributed by atoms with Crippen molar-refractivity contribution in [1.29, 1.82) is 0 Å². The molecule has 1 amide bonds. The lowest BCUT2D eigenvalue weighted by Crippen LogP contribution is -2.30. The van der Waals surface area contributed by atoms with Crippen molar-refractivity contribution in [2.75, 3.05) is 7.11 Å². The van der Waals surface area contributed by atoms with Gasteiger partial charge in [-0.05, 0) is 42.3 Å². The van der Waals surface area contributed by atoms with Crippen LogP contribution in [0.2, 0.25) is 0 Å². The number of aromatic hydroxyl groups is 1. The molecule has 2 aromatic carbocycles. The molecule has 0 aliphatic carbocycles. The van der Waals surface area contributed by atoms with E-state index in [0.717, 1.165) is 11.3 Å². The molecule has 0 fully saturated rings. The first-order chi connectivity index (χ1) is 13.2. The predicted molar refractivity (Wildman–Crippen MR) is 102 cm³/mol. The van der Waals surface area contributed by atoms with E-state index < -0.39 is 0 Å². The molecule has 5 heteroatoms. The third-order valence-electron chi connectivity index (χ3n) is 4.39. The number of rotatable bonds is 8. The van der Waals surface area contributed by atoms with Gasteiger partial charge in [0.15, 0.2) is 0 Å². The number of phenolic OH excluding ortho intramolecular Hbond substituents is 1. The van der Waals surface area contributed by atoms with Crippen LogP contribution in [0.5, 0.6) is 11.5 Å². The van der Waals surface area contributed by atoms with Crippen molar-refractivity contribution in [1.82, 2.24) is 4.90 Å². The minimum atomic E-state index is -0.00234. The summed E-state index contributed by atoms with van der Waals surface area (Å²) < 4.78 is 10.6. The van der Waals surface area contributed by atoms with Gasteiger partial charge in [0.05, 0.1) is 19.9 Å². The number of aryl methyl sites for hydroxylation is 1. The van der Waals surface area contributed by atoms with E-state index in [1.54, 1.807) is 36.5 Å². The van der Waals surface area contributed by atoms with E-state index in [2.05, 4.69) is 0 Å². The molecule has 3 rings (SSSR count). The van der Waals surface area contributed by atoms with Gasteiger partial charge in [-0.2, -0.15) is 0 Å². The average Bonchev–Trinajstić information content (AvgIpc) is 3.20. The lowest BCUT2D eigenvalue weighted by atomic mass is 10.1. The van der Waals surface area contributed by atoms with Gasteiger partial charge < -0.3 is 19.2 Å². The predicted octanol–water partition coefficient (Wildman–Crippen LogP) is 4.16. The lowest BCUT2D eigenvalue weighted by molar-refractivity contribution is -0.132. The van der Waals surface area contributed by atoms with Crippen molar-refractivity contribution in [3.8, 4) is 11.5 Å². The van der Waals surface area contributed by atoms with E-state index >= 15 is 0 Å². The van der Waals surface area contributed by atoms with E-state index in [1.165, 1.54) is 0 Å². The first-order valence-corrected chi connectivity index (χ1v) is 8.85. The first kappa shape index (κ1) is 18.6. The molecular weight excluding hydrogens is 342 g/mol. The highest BCUT2D eigenvalue weighted by Crippen LogP contribution is 2.21. The van der Waals surface area contributed by atoms with Crippen molar-refractivity contribution < 1.29 is 19.1 Å². The zero-order chi connectivity index (χ0) is 19.1. The number of carbonyl (C=O) groups excluding carboxylic acids is 1. The quantitative estimate of drug-likeness (QED) is 0.651. The van der Waals surface area contributed by atoms with Gasteiger partial charge in [-0.1, -0.05) is 30.3 Å². The van der Waals surface area contributed by atoms with Gasteiger partial charge in [0.2, 0.25) is 5.91 Å². The van der Waals surface area contributed by atoms with E-state index in [-0.39, 0.29) is 11.7 Å². The summed E-state index contributed by atoms with van der Waals surface area (Å²) in [7, 11) is 1.63. The highest BCUT2D eigenvalue weighted by Gasteiger charge is 2.17. The van der Waals surface area contributed by atoms with Crippen LogP contribution in [0.3, 0.4) is 0 Å². The molecule has 0 saturated heterocycles. The molecule has 0 bridgehead atoms. The van der Waals surface area contributed by atoms with Crippen LogP contribution < -0.4 is 4.74 Å². The molecule has 0 radical (unpaired) electrons. The highest BCUT2D eigenvalue weighted by molar-refractivity contribution is 5.76. The van der Waals surface area contributed by atoms with E-state index in [0.29, 0.717) is 37.3 Å². The van der Waals surface area contributed by atoms with Crippen LogP contribution in [0.1, 0.15) is 23.3 Å². The second kappa shape index (κ2) is 8.94. The number of hydrogen-bond donors (Lipinski definition) is 1. The molecule has 1 N–H and O–H groups in total. The number of methoxy groups -OCH3 is 1. The lowest BCUT2D eigenvalue weighted by Gasteiger charge is -2.22. The minimum absolute atomic E-state index is 0.00234. The maximum atomic E-state index is 12.9. The molecule has 1 heterocycles. The smallest absolute Gasteiger partial charge is 0.223 e. The molecule has 0 unspecified atom stereocenters.